The first-order chi connectivity index (χ1) is 13.1. The normalized spacial score (nSPS) is 45.7. The molecule has 0 amide bonds. The first kappa shape index (κ1) is 20.1. The Balaban J connectivity index is 1.33. The van der Waals surface area contributed by atoms with Crippen molar-refractivity contribution in [3.05, 3.63) is 0 Å². The zero-order valence-electron chi connectivity index (χ0n) is 16.9. The van der Waals surface area contributed by atoms with Gasteiger partial charge in [-0.05, 0) is 67.6 Å². The summed E-state index contributed by atoms with van der Waals surface area (Å²) in [6, 6.07) is 0. The molecular formula is C24H39F3. The van der Waals surface area contributed by atoms with Crippen molar-refractivity contribution in [1.82, 2.24) is 0 Å². The Morgan fingerprint density at radius 2 is 0.852 bits per heavy atom. The van der Waals surface area contributed by atoms with Crippen molar-refractivity contribution in [2.75, 3.05) is 0 Å². The summed E-state index contributed by atoms with van der Waals surface area (Å²) in [6.07, 6.45) is 12.4. The van der Waals surface area contributed by atoms with Gasteiger partial charge in [-0.1, -0.05) is 64.2 Å². The Morgan fingerprint density at radius 1 is 0.407 bits per heavy atom. The predicted molar refractivity (Wildman–Crippen MR) is 105 cm³/mol. The number of hydrogen-bond acceptors (Lipinski definition) is 0. The molecule has 156 valence electrons. The number of hydrogen-bond donors (Lipinski definition) is 0. The molecule has 0 N–H and O–H groups in total. The Bertz CT molecular complexity index is 455. The minimum Gasteiger partial charge on any atom is -0.247 e. The topological polar surface area (TPSA) is 0 Å². The van der Waals surface area contributed by atoms with E-state index >= 15 is 13.2 Å². The second-order valence-corrected chi connectivity index (χ2v) is 10.3. The minimum atomic E-state index is -1.35. The van der Waals surface area contributed by atoms with Crippen molar-refractivity contribution in [1.29, 1.82) is 0 Å². The van der Waals surface area contributed by atoms with Crippen molar-refractivity contribution in [2.24, 2.45) is 35.5 Å². The maximum atomic E-state index is 15.1. The average molecular weight is 385 g/mol. The van der Waals surface area contributed by atoms with Gasteiger partial charge in [0.05, 0.1) is 0 Å². The molecule has 0 bridgehead atoms. The van der Waals surface area contributed by atoms with Crippen molar-refractivity contribution in [3.63, 3.8) is 0 Å². The van der Waals surface area contributed by atoms with Crippen LogP contribution in [0.4, 0.5) is 13.2 Å². The van der Waals surface area contributed by atoms with Gasteiger partial charge < -0.3 is 0 Å². The summed E-state index contributed by atoms with van der Waals surface area (Å²) in [4.78, 5) is 0. The van der Waals surface area contributed by atoms with Crippen LogP contribution in [0.3, 0.4) is 0 Å². The summed E-state index contributed by atoms with van der Waals surface area (Å²) in [7, 11) is 0. The molecule has 0 radical (unpaired) electrons. The molecule has 4 aliphatic carbocycles. The first-order valence-electron chi connectivity index (χ1n) is 12.1. The maximum Gasteiger partial charge on any atom is 0.134 e. The smallest absolute Gasteiger partial charge is 0.134 e. The Kier molecular flexibility index (Phi) is 6.75. The summed E-state index contributed by atoms with van der Waals surface area (Å²) in [5.41, 5.74) is 0. The summed E-state index contributed by atoms with van der Waals surface area (Å²) in [5, 5.41) is 0. The number of rotatable bonds is 3. The van der Waals surface area contributed by atoms with Gasteiger partial charge in [0.25, 0.3) is 0 Å². The van der Waals surface area contributed by atoms with Crippen LogP contribution in [0.25, 0.3) is 0 Å². The monoisotopic (exact) mass is 384 g/mol. The second-order valence-electron chi connectivity index (χ2n) is 10.3. The van der Waals surface area contributed by atoms with E-state index in [-0.39, 0.29) is 23.7 Å². The fraction of sp³-hybridized carbons (Fsp3) is 1.00. The quantitative estimate of drug-likeness (QED) is 0.470. The third-order valence-electron chi connectivity index (χ3n) is 8.94. The molecule has 27 heavy (non-hydrogen) atoms. The van der Waals surface area contributed by atoms with Gasteiger partial charge in [0, 0.05) is 0 Å². The van der Waals surface area contributed by atoms with Crippen LogP contribution in [0.1, 0.15) is 96.3 Å². The second kappa shape index (κ2) is 9.08. The van der Waals surface area contributed by atoms with E-state index in [1.54, 1.807) is 0 Å². The summed E-state index contributed by atoms with van der Waals surface area (Å²) >= 11 is 0. The molecule has 0 aromatic carbocycles. The first-order valence-corrected chi connectivity index (χ1v) is 12.1. The number of alkyl halides is 3. The fourth-order valence-electron chi connectivity index (χ4n) is 7.38. The highest BCUT2D eigenvalue weighted by atomic mass is 19.2. The molecule has 0 heterocycles. The van der Waals surface area contributed by atoms with Crippen LogP contribution in [0, 0.1) is 35.5 Å². The van der Waals surface area contributed by atoms with Gasteiger partial charge in [-0.25, -0.2) is 13.2 Å². The molecule has 0 aromatic heterocycles. The van der Waals surface area contributed by atoms with Crippen LogP contribution >= 0.6 is 0 Å². The van der Waals surface area contributed by atoms with Crippen molar-refractivity contribution < 1.29 is 13.2 Å². The van der Waals surface area contributed by atoms with Gasteiger partial charge in [0.2, 0.25) is 0 Å². The van der Waals surface area contributed by atoms with Crippen molar-refractivity contribution in [2.45, 2.75) is 115 Å². The molecule has 4 aliphatic rings. The van der Waals surface area contributed by atoms with Gasteiger partial charge in [0.15, 0.2) is 0 Å². The highest BCUT2D eigenvalue weighted by molar-refractivity contribution is 4.96. The van der Waals surface area contributed by atoms with E-state index in [1.807, 2.05) is 0 Å². The summed E-state index contributed by atoms with van der Waals surface area (Å²) in [5.74, 6) is 0.900. The predicted octanol–water partition coefficient (Wildman–Crippen LogP) is 7.60. The Labute approximate surface area is 164 Å². The van der Waals surface area contributed by atoms with E-state index < -0.39 is 18.5 Å². The molecule has 0 aliphatic heterocycles. The van der Waals surface area contributed by atoms with Crippen LogP contribution in [0.15, 0.2) is 0 Å². The molecule has 7 atom stereocenters. The molecule has 4 saturated carbocycles. The molecule has 0 spiro atoms. The Morgan fingerprint density at radius 3 is 1.37 bits per heavy atom. The van der Waals surface area contributed by atoms with Crippen LogP contribution in [0.5, 0.6) is 0 Å². The van der Waals surface area contributed by atoms with Gasteiger partial charge in [-0.2, -0.15) is 0 Å². The SMILES string of the molecule is FC1CC(C2CCC(C3CCCCC3)C(F)C2F)CCC1C1CCCCC1. The van der Waals surface area contributed by atoms with E-state index in [2.05, 4.69) is 0 Å². The number of halogens is 3. The van der Waals surface area contributed by atoms with Crippen LogP contribution in [-0.2, 0) is 0 Å². The lowest BCUT2D eigenvalue weighted by Gasteiger charge is -2.45. The highest BCUT2D eigenvalue weighted by Gasteiger charge is 2.48. The van der Waals surface area contributed by atoms with E-state index in [4.69, 9.17) is 0 Å². The standard InChI is InChI=1S/C24H39F3/c25-22-15-18(11-12-19(22)16-7-3-1-4-8-16)21-14-13-20(23(26)24(21)27)17-9-5-2-6-10-17/h16-24H,1-15H2. The average Bonchev–Trinajstić information content (AvgIpc) is 2.71. The molecule has 0 nitrogen and oxygen atoms in total. The zero-order chi connectivity index (χ0) is 18.8. The molecule has 4 rings (SSSR count). The lowest BCUT2D eigenvalue weighted by Crippen LogP contribution is -2.46. The molecule has 0 aromatic rings. The molecule has 3 heteroatoms. The maximum absolute atomic E-state index is 15.1. The van der Waals surface area contributed by atoms with E-state index in [0.717, 1.165) is 38.5 Å². The fourth-order valence-corrected chi connectivity index (χ4v) is 7.38. The zero-order valence-corrected chi connectivity index (χ0v) is 16.9. The third kappa shape index (κ3) is 4.37. The van der Waals surface area contributed by atoms with Gasteiger partial charge in [-0.3, -0.25) is 0 Å². The largest absolute Gasteiger partial charge is 0.247 e. The summed E-state index contributed by atoms with van der Waals surface area (Å²) < 4.78 is 45.2. The van der Waals surface area contributed by atoms with Gasteiger partial charge in [0.1, 0.15) is 18.5 Å². The molecule has 7 unspecified atom stereocenters. The van der Waals surface area contributed by atoms with Gasteiger partial charge >= 0.3 is 0 Å². The highest BCUT2D eigenvalue weighted by Crippen LogP contribution is 2.49. The molecule has 0 saturated heterocycles. The summed E-state index contributed by atoms with van der Waals surface area (Å²) in [6.45, 7) is 0. The van der Waals surface area contributed by atoms with Crippen molar-refractivity contribution in [3.8, 4) is 0 Å². The van der Waals surface area contributed by atoms with Gasteiger partial charge in [-0.15, -0.1) is 0 Å². The Hall–Kier alpha value is -0.210. The van der Waals surface area contributed by atoms with Crippen LogP contribution in [0.2, 0.25) is 0 Å². The molecule has 4 fully saturated rings. The lowest BCUT2D eigenvalue weighted by atomic mass is 9.62. The molecular weight excluding hydrogens is 345 g/mol. The van der Waals surface area contributed by atoms with E-state index in [1.165, 1.54) is 51.4 Å². The van der Waals surface area contributed by atoms with E-state index in [9.17, 15) is 0 Å². The lowest BCUT2D eigenvalue weighted by molar-refractivity contribution is -0.0473. The van der Waals surface area contributed by atoms with E-state index in [0.29, 0.717) is 18.3 Å². The van der Waals surface area contributed by atoms with Crippen LogP contribution in [-0.4, -0.2) is 18.5 Å². The minimum absolute atomic E-state index is 0.0698. The third-order valence-corrected chi connectivity index (χ3v) is 8.94. The van der Waals surface area contributed by atoms with Crippen molar-refractivity contribution >= 4 is 0 Å². The van der Waals surface area contributed by atoms with Crippen LogP contribution < -0.4 is 0 Å².